The number of aromatic nitrogens is 3. The number of halogens is 1. The van der Waals surface area contributed by atoms with Crippen LogP contribution >= 0.6 is 11.6 Å². The van der Waals surface area contributed by atoms with E-state index in [4.69, 9.17) is 11.6 Å². The molecular weight excluding hydrogens is 258 g/mol. The van der Waals surface area contributed by atoms with E-state index < -0.39 is 0 Å². The van der Waals surface area contributed by atoms with Gasteiger partial charge in [0, 0.05) is 17.5 Å². The first kappa shape index (κ1) is 13.5. The lowest BCUT2D eigenvalue weighted by Gasteiger charge is -2.00. The molecular formula is C15H14ClN3. The van der Waals surface area contributed by atoms with Crippen molar-refractivity contribution in [3.8, 4) is 11.8 Å². The highest BCUT2D eigenvalue weighted by Gasteiger charge is 2.05. The molecule has 2 aromatic heterocycles. The summed E-state index contributed by atoms with van der Waals surface area (Å²) in [4.78, 5) is 12.5. The molecule has 2 aromatic rings. The van der Waals surface area contributed by atoms with Crippen molar-refractivity contribution in [1.29, 1.82) is 0 Å². The molecule has 0 aliphatic carbocycles. The van der Waals surface area contributed by atoms with E-state index in [1.807, 2.05) is 19.1 Å². The lowest BCUT2D eigenvalue weighted by atomic mass is 10.1. The number of rotatable bonds is 2. The molecule has 0 fully saturated rings. The largest absolute Gasteiger partial charge is 0.260 e. The quantitative estimate of drug-likeness (QED) is 0.622. The Morgan fingerprint density at radius 1 is 1.05 bits per heavy atom. The van der Waals surface area contributed by atoms with Gasteiger partial charge in [-0.3, -0.25) is 4.98 Å². The second-order valence-electron chi connectivity index (χ2n) is 3.98. The normalized spacial score (nSPS) is 9.84. The van der Waals surface area contributed by atoms with Crippen molar-refractivity contribution in [2.75, 3.05) is 0 Å². The molecule has 19 heavy (non-hydrogen) atoms. The summed E-state index contributed by atoms with van der Waals surface area (Å²) in [5.74, 6) is 6.09. The van der Waals surface area contributed by atoms with Crippen molar-refractivity contribution >= 4 is 11.6 Å². The Kier molecular flexibility index (Phi) is 4.48. The zero-order valence-corrected chi connectivity index (χ0v) is 11.7. The van der Waals surface area contributed by atoms with E-state index in [2.05, 4.69) is 33.7 Å². The van der Waals surface area contributed by atoms with Gasteiger partial charge in [0.05, 0.1) is 11.3 Å². The molecule has 0 unspecified atom stereocenters. The molecule has 3 nitrogen and oxygen atoms in total. The average Bonchev–Trinajstić information content (AvgIpc) is 2.46. The van der Waals surface area contributed by atoms with Crippen LogP contribution < -0.4 is 0 Å². The van der Waals surface area contributed by atoms with Crippen molar-refractivity contribution in [1.82, 2.24) is 15.0 Å². The molecule has 2 rings (SSSR count). The molecule has 0 saturated carbocycles. The molecule has 0 spiro atoms. The van der Waals surface area contributed by atoms with Gasteiger partial charge in [-0.2, -0.15) is 0 Å². The van der Waals surface area contributed by atoms with Crippen LogP contribution in [0.1, 0.15) is 36.4 Å². The van der Waals surface area contributed by atoms with E-state index in [-0.39, 0.29) is 0 Å². The molecule has 0 bridgehead atoms. The number of nitrogens with zero attached hydrogens (tertiary/aromatic N) is 3. The lowest BCUT2D eigenvalue weighted by molar-refractivity contribution is 0.989. The highest BCUT2D eigenvalue weighted by Crippen LogP contribution is 2.14. The maximum absolute atomic E-state index is 6.05. The maximum atomic E-state index is 6.05. The second-order valence-corrected chi connectivity index (χ2v) is 4.34. The first-order valence-corrected chi connectivity index (χ1v) is 6.58. The summed E-state index contributed by atoms with van der Waals surface area (Å²) in [5, 5.41) is 0.400. The van der Waals surface area contributed by atoms with Gasteiger partial charge >= 0.3 is 0 Å². The minimum absolute atomic E-state index is 0.400. The van der Waals surface area contributed by atoms with Crippen LogP contribution in [0.15, 0.2) is 24.7 Å². The maximum Gasteiger partial charge on any atom is 0.148 e. The van der Waals surface area contributed by atoms with Gasteiger partial charge in [0.2, 0.25) is 0 Å². The molecule has 2 heterocycles. The van der Waals surface area contributed by atoms with Gasteiger partial charge in [-0.15, -0.1) is 0 Å². The van der Waals surface area contributed by atoms with Crippen LogP contribution in [-0.4, -0.2) is 15.0 Å². The summed E-state index contributed by atoms with van der Waals surface area (Å²) in [6.07, 6.45) is 4.93. The Morgan fingerprint density at radius 3 is 2.53 bits per heavy atom. The summed E-state index contributed by atoms with van der Waals surface area (Å²) in [7, 11) is 0. The zero-order valence-electron chi connectivity index (χ0n) is 10.9. The monoisotopic (exact) mass is 271 g/mol. The van der Waals surface area contributed by atoms with E-state index in [1.165, 1.54) is 6.33 Å². The second kappa shape index (κ2) is 6.31. The summed E-state index contributed by atoms with van der Waals surface area (Å²) >= 11 is 6.05. The van der Waals surface area contributed by atoms with Crippen LogP contribution in [0.25, 0.3) is 0 Å². The van der Waals surface area contributed by atoms with E-state index >= 15 is 0 Å². The van der Waals surface area contributed by atoms with Gasteiger partial charge < -0.3 is 0 Å². The third-order valence-electron chi connectivity index (χ3n) is 2.73. The summed E-state index contributed by atoms with van der Waals surface area (Å²) in [6, 6.07) is 3.94. The molecule has 0 N–H and O–H groups in total. The van der Waals surface area contributed by atoms with E-state index in [0.29, 0.717) is 10.7 Å². The van der Waals surface area contributed by atoms with Crippen molar-refractivity contribution < 1.29 is 0 Å². The van der Waals surface area contributed by atoms with Crippen molar-refractivity contribution in [3.63, 3.8) is 0 Å². The first-order chi connectivity index (χ1) is 9.24. The van der Waals surface area contributed by atoms with Crippen LogP contribution in [0.4, 0.5) is 0 Å². The summed E-state index contributed by atoms with van der Waals surface area (Å²) in [6.45, 7) is 4.09. The summed E-state index contributed by atoms with van der Waals surface area (Å²) in [5.41, 5.74) is 3.48. The molecule has 0 saturated heterocycles. The van der Waals surface area contributed by atoms with Crippen LogP contribution in [0.2, 0.25) is 5.15 Å². The Hall–Kier alpha value is -1.92. The molecule has 0 amide bonds. The molecule has 96 valence electrons. The van der Waals surface area contributed by atoms with Gasteiger partial charge in [0.15, 0.2) is 0 Å². The number of hydrogen-bond donors (Lipinski definition) is 0. The lowest BCUT2D eigenvalue weighted by Crippen LogP contribution is -1.95. The van der Waals surface area contributed by atoms with Crippen molar-refractivity contribution in [3.05, 3.63) is 52.3 Å². The van der Waals surface area contributed by atoms with Crippen molar-refractivity contribution in [2.45, 2.75) is 26.7 Å². The minimum Gasteiger partial charge on any atom is -0.260 e. The van der Waals surface area contributed by atoms with Crippen LogP contribution in [0.3, 0.4) is 0 Å². The Labute approximate surface area is 118 Å². The fourth-order valence-electron chi connectivity index (χ4n) is 1.63. The molecule has 0 aliphatic heterocycles. The van der Waals surface area contributed by atoms with E-state index in [9.17, 15) is 0 Å². The predicted octanol–water partition coefficient (Wildman–Crippen LogP) is 3.05. The third-order valence-corrected chi connectivity index (χ3v) is 3.02. The van der Waals surface area contributed by atoms with Crippen LogP contribution in [0.5, 0.6) is 0 Å². The Bertz CT molecular complexity index is 624. The van der Waals surface area contributed by atoms with Gasteiger partial charge in [-0.1, -0.05) is 37.3 Å². The third kappa shape index (κ3) is 3.30. The molecule has 4 heteroatoms. The SMILES string of the molecule is CCc1ccc(C#Cc2c(Cl)ncnc2CC)cn1. The highest BCUT2D eigenvalue weighted by atomic mass is 35.5. The van der Waals surface area contributed by atoms with Crippen LogP contribution in [0, 0.1) is 11.8 Å². The van der Waals surface area contributed by atoms with Gasteiger partial charge in [-0.25, -0.2) is 9.97 Å². The fourth-order valence-corrected chi connectivity index (χ4v) is 1.83. The number of pyridine rings is 1. The van der Waals surface area contributed by atoms with Crippen LogP contribution in [-0.2, 0) is 12.8 Å². The Morgan fingerprint density at radius 2 is 1.89 bits per heavy atom. The summed E-state index contributed by atoms with van der Waals surface area (Å²) < 4.78 is 0. The van der Waals surface area contributed by atoms with Crippen molar-refractivity contribution in [2.24, 2.45) is 0 Å². The minimum atomic E-state index is 0.400. The highest BCUT2D eigenvalue weighted by molar-refractivity contribution is 6.30. The Balaban J connectivity index is 2.33. The average molecular weight is 272 g/mol. The standard InChI is InChI=1S/C15H14ClN3/c1-3-12-7-5-11(9-17-12)6-8-13-14(4-2)18-10-19-15(13)16/h5,7,9-10H,3-4H2,1-2H3. The van der Waals surface area contributed by atoms with E-state index in [1.54, 1.807) is 6.20 Å². The first-order valence-electron chi connectivity index (χ1n) is 6.21. The van der Waals surface area contributed by atoms with Gasteiger partial charge in [0.1, 0.15) is 11.5 Å². The van der Waals surface area contributed by atoms with E-state index in [0.717, 1.165) is 29.8 Å². The zero-order chi connectivity index (χ0) is 13.7. The number of hydrogen-bond acceptors (Lipinski definition) is 3. The van der Waals surface area contributed by atoms with Gasteiger partial charge in [0.25, 0.3) is 0 Å². The molecule has 0 aromatic carbocycles. The molecule has 0 atom stereocenters. The number of aryl methyl sites for hydroxylation is 2. The van der Waals surface area contributed by atoms with Gasteiger partial charge in [-0.05, 0) is 25.0 Å². The predicted molar refractivity (Wildman–Crippen MR) is 76.0 cm³/mol. The molecule has 0 aliphatic rings. The topological polar surface area (TPSA) is 38.7 Å². The smallest absolute Gasteiger partial charge is 0.148 e. The fraction of sp³-hybridized carbons (Fsp3) is 0.267. The molecule has 0 radical (unpaired) electrons.